The lowest BCUT2D eigenvalue weighted by Crippen LogP contribution is -2.34. The molecule has 0 saturated heterocycles. The fraction of sp³-hybridized carbons (Fsp3) is 0.471. The number of hydrogen-bond donors (Lipinski definition) is 2. The molecule has 1 aromatic carbocycles. The number of aromatic nitrogens is 1. The molecular formula is C17H24N2O. The van der Waals surface area contributed by atoms with Crippen LogP contribution in [0.15, 0.2) is 30.3 Å². The van der Waals surface area contributed by atoms with E-state index in [0.29, 0.717) is 12.0 Å². The van der Waals surface area contributed by atoms with Gasteiger partial charge in [0.25, 0.3) is 0 Å². The summed E-state index contributed by atoms with van der Waals surface area (Å²) in [6, 6.07) is 10.9. The molecule has 108 valence electrons. The highest BCUT2D eigenvalue weighted by Gasteiger charge is 2.11. The molecule has 1 heterocycles. The van der Waals surface area contributed by atoms with Crippen LogP contribution in [0.1, 0.15) is 31.5 Å². The van der Waals surface area contributed by atoms with Gasteiger partial charge in [0.2, 0.25) is 0 Å². The van der Waals surface area contributed by atoms with Crippen LogP contribution >= 0.6 is 0 Å². The summed E-state index contributed by atoms with van der Waals surface area (Å²) in [7, 11) is 0. The largest absolute Gasteiger partial charge is 0.396 e. The number of rotatable bonds is 6. The van der Waals surface area contributed by atoms with E-state index in [1.807, 2.05) is 13.0 Å². The van der Waals surface area contributed by atoms with Crippen LogP contribution < -0.4 is 5.32 Å². The molecule has 0 spiro atoms. The molecule has 0 aliphatic heterocycles. The van der Waals surface area contributed by atoms with E-state index >= 15 is 0 Å². The zero-order chi connectivity index (χ0) is 14.5. The lowest BCUT2D eigenvalue weighted by Gasteiger charge is -2.21. The predicted molar refractivity (Wildman–Crippen MR) is 83.6 cm³/mol. The Morgan fingerprint density at radius 3 is 2.70 bits per heavy atom. The highest BCUT2D eigenvalue weighted by Crippen LogP contribution is 2.15. The zero-order valence-corrected chi connectivity index (χ0v) is 12.6. The Hall–Kier alpha value is -1.45. The molecule has 0 saturated carbocycles. The van der Waals surface area contributed by atoms with E-state index in [4.69, 9.17) is 5.11 Å². The van der Waals surface area contributed by atoms with Crippen LogP contribution in [0, 0.1) is 12.8 Å². The van der Waals surface area contributed by atoms with Crippen molar-refractivity contribution in [2.45, 2.75) is 39.8 Å². The van der Waals surface area contributed by atoms with E-state index in [9.17, 15) is 0 Å². The normalized spacial score (nSPS) is 13.1. The fourth-order valence-corrected chi connectivity index (χ4v) is 2.45. The van der Waals surface area contributed by atoms with Gasteiger partial charge >= 0.3 is 0 Å². The molecule has 1 unspecified atom stereocenters. The number of aliphatic hydroxyl groups excluding tert-OH is 1. The zero-order valence-electron chi connectivity index (χ0n) is 12.6. The number of pyridine rings is 1. The molecule has 1 atom stereocenters. The minimum absolute atomic E-state index is 0.233. The molecule has 0 radical (unpaired) electrons. The summed E-state index contributed by atoms with van der Waals surface area (Å²) >= 11 is 0. The summed E-state index contributed by atoms with van der Waals surface area (Å²) in [6.45, 7) is 7.43. The third-order valence-electron chi connectivity index (χ3n) is 3.71. The Morgan fingerprint density at radius 2 is 2.00 bits per heavy atom. The van der Waals surface area contributed by atoms with E-state index in [0.717, 1.165) is 24.2 Å². The SMILES string of the molecule is Cc1ccc2cc(CNC(CCO)C(C)C)ccc2n1. The Balaban J connectivity index is 2.08. The van der Waals surface area contributed by atoms with Crippen LogP contribution in [0.3, 0.4) is 0 Å². The van der Waals surface area contributed by atoms with Gasteiger partial charge < -0.3 is 10.4 Å². The Kier molecular flexibility index (Phi) is 5.10. The number of nitrogens with one attached hydrogen (secondary N) is 1. The molecule has 2 aromatic rings. The van der Waals surface area contributed by atoms with Gasteiger partial charge in [-0.1, -0.05) is 26.0 Å². The summed E-state index contributed by atoms with van der Waals surface area (Å²) in [5.41, 5.74) is 3.35. The van der Waals surface area contributed by atoms with E-state index < -0.39 is 0 Å². The first-order valence-corrected chi connectivity index (χ1v) is 7.30. The fourth-order valence-electron chi connectivity index (χ4n) is 2.45. The summed E-state index contributed by atoms with van der Waals surface area (Å²) in [5, 5.41) is 13.8. The molecule has 3 heteroatoms. The average Bonchev–Trinajstić information content (AvgIpc) is 2.43. The van der Waals surface area contributed by atoms with Crippen molar-refractivity contribution in [3.05, 3.63) is 41.6 Å². The lowest BCUT2D eigenvalue weighted by molar-refractivity contribution is 0.244. The Morgan fingerprint density at radius 1 is 1.20 bits per heavy atom. The number of fused-ring (bicyclic) bond motifs is 1. The number of aryl methyl sites for hydroxylation is 1. The van der Waals surface area contributed by atoms with Crippen molar-refractivity contribution >= 4 is 10.9 Å². The number of hydrogen-bond acceptors (Lipinski definition) is 3. The molecule has 1 aromatic heterocycles. The first-order chi connectivity index (χ1) is 9.60. The monoisotopic (exact) mass is 272 g/mol. The van der Waals surface area contributed by atoms with Crippen LogP contribution in [0.4, 0.5) is 0 Å². The maximum Gasteiger partial charge on any atom is 0.0705 e. The maximum absolute atomic E-state index is 9.10. The van der Waals surface area contributed by atoms with Gasteiger partial charge in [0, 0.05) is 30.3 Å². The second-order valence-electron chi connectivity index (χ2n) is 5.72. The van der Waals surface area contributed by atoms with Gasteiger partial charge in [-0.25, -0.2) is 0 Å². The summed E-state index contributed by atoms with van der Waals surface area (Å²) in [5.74, 6) is 0.520. The Bertz CT molecular complexity index is 566. The van der Waals surface area contributed by atoms with E-state index in [2.05, 4.69) is 48.4 Å². The van der Waals surface area contributed by atoms with Gasteiger partial charge in [0.1, 0.15) is 0 Å². The minimum atomic E-state index is 0.233. The van der Waals surface area contributed by atoms with Crippen LogP contribution in [-0.2, 0) is 6.54 Å². The quantitative estimate of drug-likeness (QED) is 0.849. The molecule has 2 rings (SSSR count). The summed E-state index contributed by atoms with van der Waals surface area (Å²) < 4.78 is 0. The number of nitrogens with zero attached hydrogens (tertiary/aromatic N) is 1. The first-order valence-electron chi connectivity index (χ1n) is 7.30. The second-order valence-corrected chi connectivity index (χ2v) is 5.72. The summed E-state index contributed by atoms with van der Waals surface area (Å²) in [6.07, 6.45) is 0.798. The van der Waals surface area contributed by atoms with E-state index in [1.165, 1.54) is 10.9 Å². The van der Waals surface area contributed by atoms with Crippen LogP contribution in [-0.4, -0.2) is 22.7 Å². The molecule has 0 bridgehead atoms. The second kappa shape index (κ2) is 6.82. The smallest absolute Gasteiger partial charge is 0.0705 e. The van der Waals surface area contributed by atoms with Crippen molar-refractivity contribution in [2.75, 3.05) is 6.61 Å². The van der Waals surface area contributed by atoms with Crippen molar-refractivity contribution in [3.8, 4) is 0 Å². The van der Waals surface area contributed by atoms with Gasteiger partial charge in [0.05, 0.1) is 5.52 Å². The van der Waals surface area contributed by atoms with Crippen molar-refractivity contribution in [1.82, 2.24) is 10.3 Å². The van der Waals surface area contributed by atoms with Gasteiger partial charge in [-0.05, 0) is 43.0 Å². The van der Waals surface area contributed by atoms with Crippen molar-refractivity contribution in [3.63, 3.8) is 0 Å². The highest BCUT2D eigenvalue weighted by molar-refractivity contribution is 5.79. The predicted octanol–water partition coefficient (Wildman–Crippen LogP) is 3.04. The maximum atomic E-state index is 9.10. The first kappa shape index (κ1) is 14.9. The third-order valence-corrected chi connectivity index (χ3v) is 3.71. The highest BCUT2D eigenvalue weighted by atomic mass is 16.3. The van der Waals surface area contributed by atoms with Crippen LogP contribution in [0.25, 0.3) is 10.9 Å². The van der Waals surface area contributed by atoms with E-state index in [-0.39, 0.29) is 6.61 Å². The van der Waals surface area contributed by atoms with Crippen molar-refractivity contribution in [1.29, 1.82) is 0 Å². The molecule has 0 fully saturated rings. The number of benzene rings is 1. The van der Waals surface area contributed by atoms with Crippen LogP contribution in [0.2, 0.25) is 0 Å². The van der Waals surface area contributed by atoms with Crippen LogP contribution in [0.5, 0.6) is 0 Å². The minimum Gasteiger partial charge on any atom is -0.396 e. The molecule has 0 aliphatic carbocycles. The van der Waals surface area contributed by atoms with Gasteiger partial charge in [0.15, 0.2) is 0 Å². The standard InChI is InChI=1S/C17H24N2O/c1-12(2)16(8-9-20)18-11-14-5-7-17-15(10-14)6-4-13(3)19-17/h4-7,10,12,16,18,20H,8-9,11H2,1-3H3. The average molecular weight is 272 g/mol. The van der Waals surface area contributed by atoms with E-state index in [1.54, 1.807) is 0 Å². The Labute approximate surface area is 121 Å². The van der Waals surface area contributed by atoms with Gasteiger partial charge in [-0.3, -0.25) is 4.98 Å². The number of aliphatic hydroxyl groups is 1. The lowest BCUT2D eigenvalue weighted by atomic mass is 10.0. The van der Waals surface area contributed by atoms with Crippen molar-refractivity contribution in [2.24, 2.45) is 5.92 Å². The molecule has 0 aliphatic rings. The van der Waals surface area contributed by atoms with Crippen molar-refractivity contribution < 1.29 is 5.11 Å². The molecule has 2 N–H and O–H groups in total. The molecular weight excluding hydrogens is 248 g/mol. The third kappa shape index (κ3) is 3.78. The molecule has 3 nitrogen and oxygen atoms in total. The summed E-state index contributed by atoms with van der Waals surface area (Å²) in [4.78, 5) is 4.52. The van der Waals surface area contributed by atoms with Gasteiger partial charge in [-0.15, -0.1) is 0 Å². The van der Waals surface area contributed by atoms with Gasteiger partial charge in [-0.2, -0.15) is 0 Å². The molecule has 20 heavy (non-hydrogen) atoms. The molecule has 0 amide bonds. The topological polar surface area (TPSA) is 45.1 Å².